The summed E-state index contributed by atoms with van der Waals surface area (Å²) < 4.78 is 10.6. The number of nitrogens with one attached hydrogen (secondary N) is 2. The van der Waals surface area contributed by atoms with Crippen molar-refractivity contribution in [3.63, 3.8) is 0 Å². The molecule has 0 unspecified atom stereocenters. The SMILES string of the molecule is COc1ccc(CC(=O)Nc2cc([C@H]3CC[C@@H](OC(=O)N4C[C@H](O)[C@H]4C)C3)[nH]n2)cn1. The minimum absolute atomic E-state index is 0.161. The molecule has 2 aromatic rings. The first-order valence-corrected chi connectivity index (χ1v) is 10.4. The van der Waals surface area contributed by atoms with Crippen LogP contribution in [0, 0.1) is 0 Å². The summed E-state index contributed by atoms with van der Waals surface area (Å²) in [6, 6.07) is 5.14. The minimum atomic E-state index is -0.469. The van der Waals surface area contributed by atoms with Crippen LogP contribution in [-0.2, 0) is 16.0 Å². The predicted molar refractivity (Wildman–Crippen MR) is 111 cm³/mol. The zero-order valence-electron chi connectivity index (χ0n) is 17.6. The van der Waals surface area contributed by atoms with E-state index in [2.05, 4.69) is 20.5 Å². The van der Waals surface area contributed by atoms with Gasteiger partial charge in [0.25, 0.3) is 0 Å². The fourth-order valence-electron chi connectivity index (χ4n) is 3.99. The van der Waals surface area contributed by atoms with Crippen LogP contribution in [0.5, 0.6) is 5.88 Å². The summed E-state index contributed by atoms with van der Waals surface area (Å²) in [5.41, 5.74) is 1.69. The normalized spacial score (nSPS) is 25.1. The van der Waals surface area contributed by atoms with Crippen molar-refractivity contribution in [1.82, 2.24) is 20.1 Å². The van der Waals surface area contributed by atoms with Gasteiger partial charge in [-0.3, -0.25) is 9.89 Å². The molecule has 4 rings (SSSR count). The third kappa shape index (κ3) is 4.79. The molecular weight excluding hydrogens is 402 g/mol. The highest BCUT2D eigenvalue weighted by Gasteiger charge is 2.40. The number of likely N-dealkylation sites (tertiary alicyclic amines) is 1. The number of nitrogens with zero attached hydrogens (tertiary/aromatic N) is 3. The summed E-state index contributed by atoms with van der Waals surface area (Å²) in [7, 11) is 1.54. The Bertz CT molecular complexity index is 930. The highest BCUT2D eigenvalue weighted by Crippen LogP contribution is 2.36. The van der Waals surface area contributed by atoms with E-state index in [1.807, 2.05) is 6.07 Å². The average molecular weight is 429 g/mol. The lowest BCUT2D eigenvalue weighted by Gasteiger charge is -2.42. The van der Waals surface area contributed by atoms with Crippen molar-refractivity contribution in [2.45, 2.75) is 56.8 Å². The lowest BCUT2D eigenvalue weighted by atomic mass is 10.0. The summed E-state index contributed by atoms with van der Waals surface area (Å²) in [6.45, 7) is 2.13. The van der Waals surface area contributed by atoms with Crippen molar-refractivity contribution < 1.29 is 24.2 Å². The number of aliphatic hydroxyl groups excluding tert-OH is 1. The molecule has 0 bridgehead atoms. The Hall–Kier alpha value is -3.14. The maximum Gasteiger partial charge on any atom is 0.410 e. The maximum absolute atomic E-state index is 12.3. The number of H-pyrrole nitrogens is 1. The molecule has 31 heavy (non-hydrogen) atoms. The van der Waals surface area contributed by atoms with Crippen molar-refractivity contribution in [2.75, 3.05) is 19.0 Å². The van der Waals surface area contributed by atoms with E-state index in [0.717, 1.165) is 24.1 Å². The molecule has 3 heterocycles. The van der Waals surface area contributed by atoms with Crippen LogP contribution in [0.15, 0.2) is 24.4 Å². The number of pyridine rings is 1. The van der Waals surface area contributed by atoms with Crippen molar-refractivity contribution in [3.8, 4) is 5.88 Å². The standard InChI is InChI=1S/C21H27N5O5/c1-12-17(27)11-26(12)21(29)31-15-5-4-14(8-15)16-9-18(25-24-16)23-19(28)7-13-3-6-20(30-2)22-10-13/h3,6,9-10,12,14-15,17,27H,4-5,7-8,11H2,1-2H3,(H2,23,24,25,28)/t12-,14+,15-,17+/m1/s1. The number of amides is 2. The first-order chi connectivity index (χ1) is 14.9. The molecule has 1 aliphatic carbocycles. The van der Waals surface area contributed by atoms with E-state index < -0.39 is 6.10 Å². The van der Waals surface area contributed by atoms with E-state index in [4.69, 9.17) is 9.47 Å². The molecule has 0 spiro atoms. The van der Waals surface area contributed by atoms with Gasteiger partial charge in [0.2, 0.25) is 11.8 Å². The Balaban J connectivity index is 1.25. The van der Waals surface area contributed by atoms with Gasteiger partial charge in [0.15, 0.2) is 5.82 Å². The highest BCUT2D eigenvalue weighted by atomic mass is 16.6. The second-order valence-corrected chi connectivity index (χ2v) is 8.12. The van der Waals surface area contributed by atoms with Crippen LogP contribution in [0.2, 0.25) is 0 Å². The summed E-state index contributed by atoms with van der Waals surface area (Å²) in [4.78, 5) is 30.1. The minimum Gasteiger partial charge on any atom is -0.481 e. The van der Waals surface area contributed by atoms with Crippen molar-refractivity contribution in [3.05, 3.63) is 35.7 Å². The van der Waals surface area contributed by atoms with Gasteiger partial charge in [0.1, 0.15) is 6.10 Å². The summed E-state index contributed by atoms with van der Waals surface area (Å²) in [6.07, 6.45) is 3.13. The molecule has 2 amide bonds. The van der Waals surface area contributed by atoms with Crippen LogP contribution in [0.4, 0.5) is 10.6 Å². The number of aromatic amines is 1. The summed E-state index contributed by atoms with van der Waals surface area (Å²) in [5.74, 6) is 0.958. The number of carbonyl (C=O) groups is 2. The van der Waals surface area contributed by atoms with Gasteiger partial charge in [0.05, 0.1) is 32.2 Å². The molecule has 1 saturated carbocycles. The van der Waals surface area contributed by atoms with E-state index in [1.54, 1.807) is 37.3 Å². The van der Waals surface area contributed by atoms with Crippen LogP contribution in [-0.4, -0.2) is 69.1 Å². The van der Waals surface area contributed by atoms with Gasteiger partial charge in [-0.25, -0.2) is 9.78 Å². The number of hydrogen-bond donors (Lipinski definition) is 3. The molecule has 2 fully saturated rings. The number of ether oxygens (including phenoxy) is 2. The van der Waals surface area contributed by atoms with Crippen LogP contribution in [0.1, 0.15) is 43.4 Å². The molecule has 4 atom stereocenters. The smallest absolute Gasteiger partial charge is 0.410 e. The fraction of sp³-hybridized carbons (Fsp3) is 0.524. The maximum atomic E-state index is 12.3. The van der Waals surface area contributed by atoms with Crippen molar-refractivity contribution in [1.29, 1.82) is 0 Å². The first-order valence-electron chi connectivity index (χ1n) is 10.4. The van der Waals surface area contributed by atoms with Gasteiger partial charge in [0, 0.05) is 29.9 Å². The van der Waals surface area contributed by atoms with Crippen LogP contribution < -0.4 is 10.1 Å². The third-order valence-corrected chi connectivity index (χ3v) is 6.00. The third-order valence-electron chi connectivity index (χ3n) is 6.00. The Labute approximate surface area is 179 Å². The number of carbonyl (C=O) groups excluding carboxylic acids is 2. The van der Waals surface area contributed by atoms with E-state index in [0.29, 0.717) is 24.7 Å². The van der Waals surface area contributed by atoms with Gasteiger partial charge >= 0.3 is 6.09 Å². The molecule has 166 valence electrons. The number of anilines is 1. The number of rotatable bonds is 6. The van der Waals surface area contributed by atoms with Gasteiger partial charge in [-0.05, 0) is 31.7 Å². The van der Waals surface area contributed by atoms with E-state index in [-0.39, 0.29) is 36.5 Å². The van der Waals surface area contributed by atoms with E-state index >= 15 is 0 Å². The number of aromatic nitrogens is 3. The second-order valence-electron chi connectivity index (χ2n) is 8.12. The average Bonchev–Trinajstić information content (AvgIpc) is 3.41. The largest absolute Gasteiger partial charge is 0.481 e. The lowest BCUT2D eigenvalue weighted by molar-refractivity contribution is -0.115. The number of methoxy groups -OCH3 is 1. The van der Waals surface area contributed by atoms with Crippen molar-refractivity contribution >= 4 is 17.8 Å². The Morgan fingerprint density at radius 1 is 1.35 bits per heavy atom. The first kappa shape index (κ1) is 21.1. The summed E-state index contributed by atoms with van der Waals surface area (Å²) >= 11 is 0. The van der Waals surface area contributed by atoms with E-state index in [9.17, 15) is 14.7 Å². The van der Waals surface area contributed by atoms with Gasteiger partial charge < -0.3 is 24.8 Å². The Kier molecular flexibility index (Phi) is 6.08. The van der Waals surface area contributed by atoms with E-state index in [1.165, 1.54) is 0 Å². The molecule has 3 N–H and O–H groups in total. The van der Waals surface area contributed by atoms with Crippen LogP contribution >= 0.6 is 0 Å². The summed E-state index contributed by atoms with van der Waals surface area (Å²) in [5, 5.41) is 19.5. The second kappa shape index (κ2) is 8.93. The van der Waals surface area contributed by atoms with Gasteiger partial charge in [-0.1, -0.05) is 6.07 Å². The molecule has 2 aliphatic rings. The van der Waals surface area contributed by atoms with Crippen LogP contribution in [0.25, 0.3) is 0 Å². The quantitative estimate of drug-likeness (QED) is 0.639. The molecular formula is C21H27N5O5. The van der Waals surface area contributed by atoms with Crippen LogP contribution in [0.3, 0.4) is 0 Å². The fourth-order valence-corrected chi connectivity index (χ4v) is 3.99. The number of aliphatic hydroxyl groups is 1. The molecule has 10 heteroatoms. The topological polar surface area (TPSA) is 130 Å². The molecule has 10 nitrogen and oxygen atoms in total. The monoisotopic (exact) mass is 429 g/mol. The predicted octanol–water partition coefficient (Wildman–Crippen LogP) is 1.83. The molecule has 1 aliphatic heterocycles. The Morgan fingerprint density at radius 3 is 2.87 bits per heavy atom. The Morgan fingerprint density at radius 2 is 2.19 bits per heavy atom. The van der Waals surface area contributed by atoms with Crippen molar-refractivity contribution in [2.24, 2.45) is 0 Å². The number of hydrogen-bond acceptors (Lipinski definition) is 7. The van der Waals surface area contributed by atoms with Gasteiger partial charge in [-0.15, -0.1) is 0 Å². The zero-order chi connectivity index (χ0) is 22.0. The molecule has 1 saturated heterocycles. The zero-order valence-corrected chi connectivity index (χ0v) is 17.6. The van der Waals surface area contributed by atoms with Gasteiger partial charge in [-0.2, -0.15) is 5.10 Å². The number of β-amino-alcohol motifs (C(OH)–C–C–N with tert-alkyl or cyclic N) is 1. The highest BCUT2D eigenvalue weighted by molar-refractivity contribution is 5.91. The lowest BCUT2D eigenvalue weighted by Crippen LogP contribution is -2.61. The molecule has 0 aromatic carbocycles. The molecule has 0 radical (unpaired) electrons. The molecule has 2 aromatic heterocycles.